The van der Waals surface area contributed by atoms with Gasteiger partial charge < -0.3 is 28.4 Å². The highest BCUT2D eigenvalue weighted by Crippen LogP contribution is 2.38. The highest BCUT2D eigenvalue weighted by Gasteiger charge is 2.34. The van der Waals surface area contributed by atoms with Crippen molar-refractivity contribution in [3.63, 3.8) is 0 Å². The second kappa shape index (κ2) is 16.2. The fourth-order valence-corrected chi connectivity index (χ4v) is 6.76. The minimum atomic E-state index is -0.937. The van der Waals surface area contributed by atoms with E-state index in [0.717, 1.165) is 16.9 Å². The molecule has 3 aromatic carbocycles. The average molecular weight is 770 g/mol. The maximum Gasteiger partial charge on any atom is 0.343 e. The number of carbonyl (C=O) groups is 2. The van der Waals surface area contributed by atoms with Crippen molar-refractivity contribution in [1.29, 1.82) is 0 Å². The molecule has 1 aromatic heterocycles. The number of allylic oxidation sites excluding steroid dienone is 1. The fraction of sp³-hybridized carbons (Fsp3) is 0.278. The van der Waals surface area contributed by atoms with E-state index in [4.69, 9.17) is 23.7 Å². The Morgan fingerprint density at radius 3 is 2.42 bits per heavy atom. The molecule has 1 aliphatic heterocycles. The number of esters is 2. The molecule has 2 heterocycles. The van der Waals surface area contributed by atoms with Crippen LogP contribution in [0.1, 0.15) is 43.5 Å². The molecule has 0 spiro atoms. The number of nitrogens with zero attached hydrogens (tertiary/aromatic N) is 2. The highest BCUT2D eigenvalue weighted by atomic mass is 79.9. The molecule has 50 heavy (non-hydrogen) atoms. The Labute approximate surface area is 299 Å². The van der Waals surface area contributed by atoms with Gasteiger partial charge in [-0.1, -0.05) is 45.5 Å². The number of rotatable bonds is 13. The van der Waals surface area contributed by atoms with Gasteiger partial charge in [0.15, 0.2) is 34.4 Å². The lowest BCUT2D eigenvalue weighted by Crippen LogP contribution is -2.40. The maximum absolute atomic E-state index is 14.4. The van der Waals surface area contributed by atoms with Crippen molar-refractivity contribution in [2.45, 2.75) is 33.4 Å². The van der Waals surface area contributed by atoms with E-state index in [1.807, 2.05) is 0 Å². The highest BCUT2D eigenvalue weighted by molar-refractivity contribution is 9.10. The monoisotopic (exact) mass is 768 g/mol. The number of ether oxygens (including phenoxy) is 6. The Bertz CT molecular complexity index is 2130. The van der Waals surface area contributed by atoms with Crippen LogP contribution in [0.3, 0.4) is 0 Å². The SMILES string of the molecule is CCOC(=O)C1=C(C)N=c2s/c(=C/c3cc(Br)cc(OC)c3OCc3ccc(F)cc3)c(=O)n2[C@@H]1c1ccc(OCC(=O)OC)c(OCC)c1. The molecule has 0 aliphatic carbocycles. The lowest BCUT2D eigenvalue weighted by Gasteiger charge is -2.25. The third-order valence-electron chi connectivity index (χ3n) is 7.52. The van der Waals surface area contributed by atoms with Crippen LogP contribution in [-0.4, -0.2) is 50.5 Å². The summed E-state index contributed by atoms with van der Waals surface area (Å²) in [6, 6.07) is 13.5. The zero-order valence-electron chi connectivity index (χ0n) is 27.9. The van der Waals surface area contributed by atoms with Crippen LogP contribution in [0.25, 0.3) is 6.08 Å². The largest absolute Gasteiger partial charge is 0.493 e. The number of hydrogen-bond donors (Lipinski definition) is 0. The normalized spacial score (nSPS) is 14.1. The summed E-state index contributed by atoms with van der Waals surface area (Å²) in [4.78, 5) is 44.6. The molecule has 0 N–H and O–H groups in total. The van der Waals surface area contributed by atoms with Gasteiger partial charge in [-0.25, -0.2) is 19.0 Å². The van der Waals surface area contributed by atoms with Crippen LogP contribution in [0.2, 0.25) is 0 Å². The molecule has 0 saturated heterocycles. The smallest absolute Gasteiger partial charge is 0.343 e. The van der Waals surface area contributed by atoms with E-state index in [1.54, 1.807) is 69.3 Å². The molecule has 11 nitrogen and oxygen atoms in total. The van der Waals surface area contributed by atoms with Gasteiger partial charge in [0.25, 0.3) is 5.56 Å². The minimum absolute atomic E-state index is 0.114. The first-order valence-corrected chi connectivity index (χ1v) is 17.1. The van der Waals surface area contributed by atoms with Gasteiger partial charge in [0.2, 0.25) is 0 Å². The molecule has 0 saturated carbocycles. The van der Waals surface area contributed by atoms with Crippen molar-refractivity contribution in [2.24, 2.45) is 4.99 Å². The van der Waals surface area contributed by atoms with Gasteiger partial charge >= 0.3 is 11.9 Å². The van der Waals surface area contributed by atoms with Gasteiger partial charge in [0.1, 0.15) is 12.4 Å². The van der Waals surface area contributed by atoms with Gasteiger partial charge in [0.05, 0.1) is 49.3 Å². The second-order valence-corrected chi connectivity index (χ2v) is 12.7. The molecular weight excluding hydrogens is 735 g/mol. The summed E-state index contributed by atoms with van der Waals surface area (Å²) < 4.78 is 49.3. The summed E-state index contributed by atoms with van der Waals surface area (Å²) in [5.74, 6) is -0.181. The molecule has 1 atom stereocenters. The van der Waals surface area contributed by atoms with Crippen molar-refractivity contribution in [3.05, 3.63) is 113 Å². The number of carbonyl (C=O) groups excluding carboxylic acids is 2. The standard InChI is InChI=1S/C36H34BrFN2O9S/c1-6-46-27-15-22(10-13-26(27)48-19-30(41)45-5)32-31(35(43)47-7-2)20(3)39-36-40(32)34(42)29(50-36)16-23-14-24(37)17-28(44-4)33(23)49-18-21-8-11-25(38)12-9-21/h8-17,32H,6-7,18-19H2,1-5H3/b29-16+/t32-/m1/s1. The molecule has 0 fully saturated rings. The Morgan fingerprint density at radius 1 is 0.980 bits per heavy atom. The first-order valence-electron chi connectivity index (χ1n) is 15.5. The van der Waals surface area contributed by atoms with Gasteiger partial charge in [0, 0.05) is 10.0 Å². The summed E-state index contributed by atoms with van der Waals surface area (Å²) in [5, 5.41) is 0. The van der Waals surface area contributed by atoms with E-state index in [1.165, 1.54) is 30.9 Å². The molecule has 4 aromatic rings. The summed E-state index contributed by atoms with van der Waals surface area (Å²) in [7, 11) is 2.76. The van der Waals surface area contributed by atoms with E-state index in [-0.39, 0.29) is 43.6 Å². The Morgan fingerprint density at radius 2 is 1.74 bits per heavy atom. The average Bonchev–Trinajstić information content (AvgIpc) is 3.40. The molecule has 0 unspecified atom stereocenters. The second-order valence-electron chi connectivity index (χ2n) is 10.7. The number of hydrogen-bond acceptors (Lipinski definition) is 11. The molecule has 0 radical (unpaired) electrons. The Hall–Kier alpha value is -4.95. The molecule has 14 heteroatoms. The molecule has 0 amide bonds. The van der Waals surface area contributed by atoms with Gasteiger partial charge in [-0.2, -0.15) is 0 Å². The van der Waals surface area contributed by atoms with Crippen molar-refractivity contribution >= 4 is 45.3 Å². The number of thiazole rings is 1. The van der Waals surface area contributed by atoms with Crippen molar-refractivity contribution in [2.75, 3.05) is 34.0 Å². The van der Waals surface area contributed by atoms with Crippen LogP contribution in [-0.2, 0) is 25.7 Å². The zero-order valence-corrected chi connectivity index (χ0v) is 30.3. The van der Waals surface area contributed by atoms with Crippen LogP contribution in [0.15, 0.2) is 80.1 Å². The molecular formula is C36H34BrFN2O9S. The van der Waals surface area contributed by atoms with Crippen molar-refractivity contribution in [1.82, 2.24) is 4.57 Å². The quantitative estimate of drug-likeness (QED) is 0.168. The molecule has 262 valence electrons. The van der Waals surface area contributed by atoms with Crippen LogP contribution in [0.4, 0.5) is 4.39 Å². The topological polar surface area (TPSA) is 124 Å². The molecule has 1 aliphatic rings. The van der Waals surface area contributed by atoms with Gasteiger partial charge in [-0.15, -0.1) is 0 Å². The van der Waals surface area contributed by atoms with Crippen LogP contribution >= 0.6 is 27.3 Å². The summed E-state index contributed by atoms with van der Waals surface area (Å²) in [6.07, 6.45) is 1.67. The number of benzene rings is 3. The van der Waals surface area contributed by atoms with E-state index >= 15 is 0 Å². The predicted molar refractivity (Wildman–Crippen MR) is 187 cm³/mol. The Kier molecular flexibility index (Phi) is 11.8. The van der Waals surface area contributed by atoms with Gasteiger partial charge in [-0.05, 0) is 74.4 Å². The van der Waals surface area contributed by atoms with Crippen LogP contribution < -0.4 is 33.8 Å². The van der Waals surface area contributed by atoms with Crippen LogP contribution in [0, 0.1) is 5.82 Å². The summed E-state index contributed by atoms with van der Waals surface area (Å²) in [6.45, 7) is 5.35. The van der Waals surface area contributed by atoms with E-state index in [9.17, 15) is 18.8 Å². The Balaban J connectivity index is 1.65. The molecule has 5 rings (SSSR count). The van der Waals surface area contributed by atoms with Crippen molar-refractivity contribution in [3.8, 4) is 23.0 Å². The third kappa shape index (κ3) is 7.92. The van der Waals surface area contributed by atoms with E-state index in [0.29, 0.717) is 47.9 Å². The fourth-order valence-electron chi connectivity index (χ4n) is 5.26. The summed E-state index contributed by atoms with van der Waals surface area (Å²) >= 11 is 4.66. The third-order valence-corrected chi connectivity index (χ3v) is 8.97. The predicted octanol–water partition coefficient (Wildman–Crippen LogP) is 5.24. The summed E-state index contributed by atoms with van der Waals surface area (Å²) in [5.41, 5.74) is 1.95. The number of fused-ring (bicyclic) bond motifs is 1. The van der Waals surface area contributed by atoms with E-state index in [2.05, 4.69) is 25.7 Å². The lowest BCUT2D eigenvalue weighted by molar-refractivity contribution is -0.143. The van der Waals surface area contributed by atoms with Crippen molar-refractivity contribution < 1.29 is 42.4 Å². The first-order chi connectivity index (χ1) is 24.1. The van der Waals surface area contributed by atoms with Gasteiger partial charge in [-0.3, -0.25) is 9.36 Å². The number of methoxy groups -OCH3 is 2. The van der Waals surface area contributed by atoms with E-state index < -0.39 is 23.5 Å². The van der Waals surface area contributed by atoms with Crippen LogP contribution in [0.5, 0.6) is 23.0 Å². The zero-order chi connectivity index (χ0) is 35.9. The first kappa shape index (κ1) is 36.3. The minimum Gasteiger partial charge on any atom is -0.493 e. The number of halogens is 2. The maximum atomic E-state index is 14.4. The number of aromatic nitrogens is 1. The molecule has 0 bridgehead atoms. The lowest BCUT2D eigenvalue weighted by atomic mass is 9.95.